The number of amides is 1. The molecule has 4 rings (SSSR count). The average molecular weight is 463 g/mol. The summed E-state index contributed by atoms with van der Waals surface area (Å²) >= 11 is 0. The van der Waals surface area contributed by atoms with Gasteiger partial charge in [0, 0.05) is 28.5 Å². The third-order valence-corrected chi connectivity index (χ3v) is 7.58. The Hall–Kier alpha value is -2.19. The summed E-state index contributed by atoms with van der Waals surface area (Å²) < 4.78 is 23.0. The maximum absolute atomic E-state index is 12.8. The first-order valence-corrected chi connectivity index (χ1v) is 13.1. The molecule has 0 spiro atoms. The van der Waals surface area contributed by atoms with Crippen LogP contribution in [0.1, 0.15) is 61.0 Å². The van der Waals surface area contributed by atoms with Crippen molar-refractivity contribution in [1.82, 2.24) is 9.97 Å². The van der Waals surface area contributed by atoms with Gasteiger partial charge >= 0.3 is 0 Å². The van der Waals surface area contributed by atoms with Gasteiger partial charge in [0.15, 0.2) is 0 Å². The molecule has 1 aromatic heterocycles. The predicted octanol–water partition coefficient (Wildman–Crippen LogP) is 4.74. The van der Waals surface area contributed by atoms with Crippen LogP contribution in [-0.4, -0.2) is 30.3 Å². The molecule has 0 bridgehead atoms. The van der Waals surface area contributed by atoms with Gasteiger partial charge < -0.3 is 10.6 Å². The summed E-state index contributed by atoms with van der Waals surface area (Å²) in [7, 11) is 1.57. The van der Waals surface area contributed by atoms with Crippen LogP contribution < -0.4 is 10.6 Å². The van der Waals surface area contributed by atoms with Gasteiger partial charge in [-0.1, -0.05) is 19.3 Å². The number of nitrogens with zero attached hydrogens (tertiary/aromatic N) is 2. The van der Waals surface area contributed by atoms with Crippen LogP contribution in [0.3, 0.4) is 0 Å². The standard InChI is InChI=1S/C22H27ClN4O3S/c1-14-11-17(31(23,29)30)9-10-18(14)26-22(28)19-12-20(25-13-24-19)27-21(16-7-8-16)15-5-3-2-4-6-15/h9-13,15-16,21H,2-8H2,1H3,(H,26,28)(H,24,25,27). The SMILES string of the molecule is Cc1cc(S(=O)(=O)Cl)ccc1NC(=O)c1cc(NC(C2CCCCC2)C2CC2)ncn1. The fourth-order valence-corrected chi connectivity index (χ4v) is 5.25. The van der Waals surface area contributed by atoms with Gasteiger partial charge in [0.25, 0.3) is 15.0 Å². The quantitative estimate of drug-likeness (QED) is 0.576. The molecule has 2 aliphatic rings. The number of aryl methyl sites for hydroxylation is 1. The van der Waals surface area contributed by atoms with Crippen LogP contribution in [0.15, 0.2) is 35.5 Å². The Morgan fingerprint density at radius 3 is 2.42 bits per heavy atom. The Morgan fingerprint density at radius 1 is 1.06 bits per heavy atom. The van der Waals surface area contributed by atoms with E-state index in [4.69, 9.17) is 10.7 Å². The van der Waals surface area contributed by atoms with Crippen molar-refractivity contribution in [2.24, 2.45) is 11.8 Å². The summed E-state index contributed by atoms with van der Waals surface area (Å²) in [5, 5.41) is 6.38. The molecule has 0 radical (unpaired) electrons. The minimum atomic E-state index is -3.82. The highest BCUT2D eigenvalue weighted by molar-refractivity contribution is 8.13. The lowest BCUT2D eigenvalue weighted by Gasteiger charge is -2.31. The summed E-state index contributed by atoms with van der Waals surface area (Å²) in [6, 6.07) is 6.39. The summed E-state index contributed by atoms with van der Waals surface area (Å²) in [6.45, 7) is 1.71. The topological polar surface area (TPSA) is 101 Å². The Labute approximate surface area is 187 Å². The van der Waals surface area contributed by atoms with Gasteiger partial charge in [-0.05, 0) is 68.2 Å². The number of hydrogen-bond donors (Lipinski definition) is 2. The Balaban J connectivity index is 1.47. The molecule has 166 valence electrons. The van der Waals surface area contributed by atoms with E-state index in [0.717, 1.165) is 0 Å². The van der Waals surface area contributed by atoms with Crippen LogP contribution in [0.4, 0.5) is 11.5 Å². The van der Waals surface area contributed by atoms with Crippen LogP contribution in [0, 0.1) is 18.8 Å². The molecule has 1 amide bonds. The molecule has 2 aliphatic carbocycles. The highest BCUT2D eigenvalue weighted by atomic mass is 35.7. The molecule has 0 saturated heterocycles. The molecule has 1 unspecified atom stereocenters. The van der Waals surface area contributed by atoms with Gasteiger partial charge in [0.2, 0.25) is 0 Å². The van der Waals surface area contributed by atoms with Crippen LogP contribution in [0.2, 0.25) is 0 Å². The maximum Gasteiger partial charge on any atom is 0.274 e. The van der Waals surface area contributed by atoms with E-state index in [1.807, 2.05) is 0 Å². The zero-order valence-corrected chi connectivity index (χ0v) is 19.0. The number of carbonyl (C=O) groups excluding carboxylic acids is 1. The molecule has 2 saturated carbocycles. The lowest BCUT2D eigenvalue weighted by molar-refractivity contribution is 0.102. The predicted molar refractivity (Wildman–Crippen MR) is 121 cm³/mol. The van der Waals surface area contributed by atoms with Gasteiger partial charge in [0.1, 0.15) is 17.8 Å². The van der Waals surface area contributed by atoms with Crippen molar-refractivity contribution >= 4 is 37.1 Å². The molecule has 2 fully saturated rings. The van der Waals surface area contributed by atoms with E-state index < -0.39 is 9.05 Å². The summed E-state index contributed by atoms with van der Waals surface area (Å²) in [6.07, 6.45) is 10.3. The number of nitrogens with one attached hydrogen (secondary N) is 2. The molecule has 31 heavy (non-hydrogen) atoms. The average Bonchev–Trinajstić information content (AvgIpc) is 3.59. The van der Waals surface area contributed by atoms with Gasteiger partial charge in [-0.3, -0.25) is 4.79 Å². The Bertz CT molecular complexity index is 1070. The minimum Gasteiger partial charge on any atom is -0.367 e. The lowest BCUT2D eigenvalue weighted by Crippen LogP contribution is -2.33. The van der Waals surface area contributed by atoms with E-state index in [1.54, 1.807) is 13.0 Å². The van der Waals surface area contributed by atoms with E-state index in [1.165, 1.54) is 69.5 Å². The van der Waals surface area contributed by atoms with Gasteiger partial charge in [-0.2, -0.15) is 0 Å². The first kappa shape index (κ1) is 22.0. The number of carbonyl (C=O) groups is 1. The Kier molecular flexibility index (Phi) is 6.48. The van der Waals surface area contributed by atoms with Crippen molar-refractivity contribution in [2.45, 2.75) is 62.8 Å². The smallest absolute Gasteiger partial charge is 0.274 e. The largest absolute Gasteiger partial charge is 0.367 e. The zero-order valence-electron chi connectivity index (χ0n) is 17.5. The van der Waals surface area contributed by atoms with Crippen molar-refractivity contribution < 1.29 is 13.2 Å². The van der Waals surface area contributed by atoms with Crippen LogP contribution >= 0.6 is 10.7 Å². The molecular formula is C22H27ClN4O3S. The normalized spacial score (nSPS) is 18.4. The van der Waals surface area contributed by atoms with E-state index in [2.05, 4.69) is 20.6 Å². The molecule has 1 aromatic carbocycles. The molecule has 7 nitrogen and oxygen atoms in total. The first-order chi connectivity index (χ1) is 14.8. The summed E-state index contributed by atoms with van der Waals surface area (Å²) in [5.74, 6) is 1.64. The van der Waals surface area contributed by atoms with Gasteiger partial charge in [-0.25, -0.2) is 18.4 Å². The number of hydrogen-bond acceptors (Lipinski definition) is 6. The van der Waals surface area contributed by atoms with E-state index in [-0.39, 0.29) is 16.5 Å². The third-order valence-electron chi connectivity index (χ3n) is 6.23. The fourth-order valence-electron chi connectivity index (χ4n) is 4.41. The number of benzene rings is 1. The fraction of sp³-hybridized carbons (Fsp3) is 0.500. The third kappa shape index (κ3) is 5.54. The second kappa shape index (κ2) is 9.12. The minimum absolute atomic E-state index is 0.00739. The van der Waals surface area contributed by atoms with E-state index >= 15 is 0 Å². The number of anilines is 2. The summed E-state index contributed by atoms with van der Waals surface area (Å²) in [4.78, 5) is 21.2. The molecule has 2 aromatic rings. The van der Waals surface area contributed by atoms with Crippen LogP contribution in [-0.2, 0) is 9.05 Å². The maximum atomic E-state index is 12.8. The second-order valence-electron chi connectivity index (χ2n) is 8.56. The van der Waals surface area contributed by atoms with Crippen molar-refractivity contribution in [3.05, 3.63) is 41.9 Å². The lowest BCUT2D eigenvalue weighted by atomic mass is 9.82. The second-order valence-corrected chi connectivity index (χ2v) is 11.1. The number of halogens is 1. The molecule has 1 heterocycles. The van der Waals surface area contributed by atoms with Crippen molar-refractivity contribution in [1.29, 1.82) is 0 Å². The van der Waals surface area contributed by atoms with Crippen molar-refractivity contribution in [3.8, 4) is 0 Å². The molecule has 2 N–H and O–H groups in total. The summed E-state index contributed by atoms with van der Waals surface area (Å²) in [5.41, 5.74) is 1.35. The highest BCUT2D eigenvalue weighted by Crippen LogP contribution is 2.41. The van der Waals surface area contributed by atoms with E-state index in [9.17, 15) is 13.2 Å². The van der Waals surface area contributed by atoms with Gasteiger partial charge in [-0.15, -0.1) is 0 Å². The number of aromatic nitrogens is 2. The van der Waals surface area contributed by atoms with Crippen LogP contribution in [0.25, 0.3) is 0 Å². The molecule has 9 heteroatoms. The molecular weight excluding hydrogens is 436 g/mol. The Morgan fingerprint density at radius 2 is 1.77 bits per heavy atom. The molecule has 1 atom stereocenters. The monoisotopic (exact) mass is 462 g/mol. The van der Waals surface area contributed by atoms with Crippen molar-refractivity contribution in [3.63, 3.8) is 0 Å². The zero-order chi connectivity index (χ0) is 22.0. The van der Waals surface area contributed by atoms with Crippen LogP contribution in [0.5, 0.6) is 0 Å². The first-order valence-electron chi connectivity index (χ1n) is 10.8. The van der Waals surface area contributed by atoms with Crippen molar-refractivity contribution in [2.75, 3.05) is 10.6 Å². The van der Waals surface area contributed by atoms with Gasteiger partial charge in [0.05, 0.1) is 4.90 Å². The van der Waals surface area contributed by atoms with E-state index in [0.29, 0.717) is 34.9 Å². The number of rotatable bonds is 7. The molecule has 0 aliphatic heterocycles. The highest BCUT2D eigenvalue weighted by Gasteiger charge is 2.37.